The summed E-state index contributed by atoms with van der Waals surface area (Å²) in [6, 6.07) is 22.7. The smallest absolute Gasteiger partial charge is 0.264 e. The first kappa shape index (κ1) is 23.3. The third-order valence-corrected chi connectivity index (χ3v) is 6.94. The van der Waals surface area contributed by atoms with Crippen molar-refractivity contribution in [1.82, 2.24) is 5.32 Å². The first-order chi connectivity index (χ1) is 15.4. The molecule has 0 fully saturated rings. The highest BCUT2D eigenvalue weighted by molar-refractivity contribution is 7.92. The standard InChI is InChI=1S/C25H28N2O4S/c1-4-22(20-11-7-5-8-12-20)26-25(28)18-27(23-17-19(2)15-16-24(23)31-3)32(29,30)21-13-9-6-10-14-21/h5-17,22H,4,18H2,1-3H3,(H,26,28). The van der Waals surface area contributed by atoms with E-state index in [1.807, 2.05) is 50.2 Å². The molecule has 0 saturated heterocycles. The molecule has 1 atom stereocenters. The van der Waals surface area contributed by atoms with Gasteiger partial charge in [0.1, 0.15) is 12.3 Å². The molecule has 7 heteroatoms. The van der Waals surface area contributed by atoms with Crippen molar-refractivity contribution in [3.63, 3.8) is 0 Å². The maximum atomic E-state index is 13.6. The second-order valence-corrected chi connectivity index (χ2v) is 9.30. The number of amides is 1. The van der Waals surface area contributed by atoms with Crippen LogP contribution in [0.3, 0.4) is 0 Å². The molecule has 0 aliphatic carbocycles. The van der Waals surface area contributed by atoms with Crippen molar-refractivity contribution in [2.75, 3.05) is 18.0 Å². The van der Waals surface area contributed by atoms with Gasteiger partial charge in [0.15, 0.2) is 0 Å². The van der Waals surface area contributed by atoms with Crippen molar-refractivity contribution in [1.29, 1.82) is 0 Å². The minimum absolute atomic E-state index is 0.103. The number of hydrogen-bond donors (Lipinski definition) is 1. The summed E-state index contributed by atoms with van der Waals surface area (Å²) in [5.74, 6) is -0.0261. The lowest BCUT2D eigenvalue weighted by Crippen LogP contribution is -2.42. The Labute approximate surface area is 189 Å². The minimum atomic E-state index is -4.01. The fraction of sp³-hybridized carbons (Fsp3) is 0.240. The van der Waals surface area contributed by atoms with Gasteiger partial charge in [-0.3, -0.25) is 9.10 Å². The zero-order valence-corrected chi connectivity index (χ0v) is 19.3. The van der Waals surface area contributed by atoms with Gasteiger partial charge in [0, 0.05) is 0 Å². The quantitative estimate of drug-likeness (QED) is 0.520. The van der Waals surface area contributed by atoms with Crippen LogP contribution < -0.4 is 14.4 Å². The molecule has 0 aliphatic heterocycles. The molecule has 1 unspecified atom stereocenters. The topological polar surface area (TPSA) is 75.7 Å². The van der Waals surface area contributed by atoms with Crippen LogP contribution in [0.4, 0.5) is 5.69 Å². The maximum absolute atomic E-state index is 13.6. The largest absolute Gasteiger partial charge is 0.495 e. The summed E-state index contributed by atoms with van der Waals surface area (Å²) in [6.45, 7) is 3.46. The predicted molar refractivity (Wildman–Crippen MR) is 126 cm³/mol. The molecule has 0 bridgehead atoms. The van der Waals surface area contributed by atoms with Gasteiger partial charge in [0.05, 0.1) is 23.7 Å². The first-order valence-electron chi connectivity index (χ1n) is 10.4. The zero-order valence-electron chi connectivity index (χ0n) is 18.5. The van der Waals surface area contributed by atoms with Crippen LogP contribution in [0.5, 0.6) is 5.75 Å². The molecule has 168 valence electrons. The van der Waals surface area contributed by atoms with Gasteiger partial charge in [-0.05, 0) is 48.7 Å². The second-order valence-electron chi connectivity index (χ2n) is 7.44. The fourth-order valence-electron chi connectivity index (χ4n) is 3.49. The Hall–Kier alpha value is -3.32. The molecule has 0 heterocycles. The highest BCUT2D eigenvalue weighted by Crippen LogP contribution is 2.33. The van der Waals surface area contributed by atoms with Crippen LogP contribution in [0.25, 0.3) is 0 Å². The summed E-state index contributed by atoms with van der Waals surface area (Å²) in [7, 11) is -2.54. The Bertz CT molecular complexity index is 1150. The molecule has 3 rings (SSSR count). The van der Waals surface area contributed by atoms with Crippen LogP contribution in [-0.2, 0) is 14.8 Å². The van der Waals surface area contributed by atoms with Gasteiger partial charge in [-0.15, -0.1) is 0 Å². The molecule has 0 radical (unpaired) electrons. The lowest BCUT2D eigenvalue weighted by Gasteiger charge is -2.27. The normalized spacial score (nSPS) is 12.1. The monoisotopic (exact) mass is 452 g/mol. The predicted octanol–water partition coefficient (Wildman–Crippen LogP) is 4.47. The summed E-state index contributed by atoms with van der Waals surface area (Å²) in [5.41, 5.74) is 2.14. The number of benzene rings is 3. The Morgan fingerprint density at radius 3 is 2.22 bits per heavy atom. The van der Waals surface area contributed by atoms with Crippen molar-refractivity contribution >= 4 is 21.6 Å². The van der Waals surface area contributed by atoms with E-state index < -0.39 is 15.9 Å². The van der Waals surface area contributed by atoms with Gasteiger partial charge in [0.25, 0.3) is 10.0 Å². The molecular formula is C25H28N2O4S. The van der Waals surface area contributed by atoms with Crippen LogP contribution in [0, 0.1) is 6.92 Å². The van der Waals surface area contributed by atoms with E-state index in [0.717, 1.165) is 15.4 Å². The summed E-state index contributed by atoms with van der Waals surface area (Å²) >= 11 is 0. The van der Waals surface area contributed by atoms with Crippen molar-refractivity contribution in [3.8, 4) is 5.75 Å². The van der Waals surface area contributed by atoms with Crippen LogP contribution in [0.15, 0.2) is 83.8 Å². The Morgan fingerprint density at radius 2 is 1.62 bits per heavy atom. The molecule has 3 aromatic carbocycles. The van der Waals surface area contributed by atoms with E-state index in [1.165, 1.54) is 19.2 Å². The minimum Gasteiger partial charge on any atom is -0.495 e. The molecule has 3 aromatic rings. The van der Waals surface area contributed by atoms with E-state index in [0.29, 0.717) is 17.9 Å². The number of anilines is 1. The number of rotatable bonds is 9. The molecule has 0 saturated carbocycles. The summed E-state index contributed by atoms with van der Waals surface area (Å²) in [6.07, 6.45) is 0.676. The Morgan fingerprint density at radius 1 is 1.00 bits per heavy atom. The zero-order chi connectivity index (χ0) is 23.1. The van der Waals surface area contributed by atoms with Crippen LogP contribution in [0.1, 0.15) is 30.5 Å². The Balaban J connectivity index is 1.98. The van der Waals surface area contributed by atoms with Gasteiger partial charge >= 0.3 is 0 Å². The summed E-state index contributed by atoms with van der Waals surface area (Å²) in [5, 5.41) is 2.97. The molecular weight excluding hydrogens is 424 g/mol. The van der Waals surface area contributed by atoms with Crippen LogP contribution in [0.2, 0.25) is 0 Å². The number of carbonyl (C=O) groups is 1. The molecule has 0 aliphatic rings. The molecule has 32 heavy (non-hydrogen) atoms. The lowest BCUT2D eigenvalue weighted by atomic mass is 10.0. The molecule has 6 nitrogen and oxygen atoms in total. The number of ether oxygens (including phenoxy) is 1. The number of methoxy groups -OCH3 is 1. The van der Waals surface area contributed by atoms with E-state index >= 15 is 0 Å². The van der Waals surface area contributed by atoms with Gasteiger partial charge in [-0.25, -0.2) is 8.42 Å². The van der Waals surface area contributed by atoms with Gasteiger partial charge in [0.2, 0.25) is 5.91 Å². The van der Waals surface area contributed by atoms with E-state index in [9.17, 15) is 13.2 Å². The van der Waals surface area contributed by atoms with Crippen molar-refractivity contribution in [2.45, 2.75) is 31.2 Å². The average Bonchev–Trinajstić information content (AvgIpc) is 2.82. The number of sulfonamides is 1. The van der Waals surface area contributed by atoms with Crippen LogP contribution >= 0.6 is 0 Å². The average molecular weight is 453 g/mol. The first-order valence-corrected chi connectivity index (χ1v) is 11.9. The molecule has 1 N–H and O–H groups in total. The van der Waals surface area contributed by atoms with Crippen molar-refractivity contribution < 1.29 is 17.9 Å². The number of nitrogens with zero attached hydrogens (tertiary/aromatic N) is 1. The van der Waals surface area contributed by atoms with Crippen LogP contribution in [-0.4, -0.2) is 28.0 Å². The summed E-state index contributed by atoms with van der Waals surface area (Å²) < 4.78 is 33.7. The number of aryl methyl sites for hydroxylation is 1. The van der Waals surface area contributed by atoms with E-state index in [4.69, 9.17) is 4.74 Å². The lowest BCUT2D eigenvalue weighted by molar-refractivity contribution is -0.120. The van der Waals surface area contributed by atoms with Crippen molar-refractivity contribution in [3.05, 3.63) is 90.0 Å². The third-order valence-electron chi connectivity index (χ3n) is 5.17. The SMILES string of the molecule is CCC(NC(=O)CN(c1cc(C)ccc1OC)S(=O)(=O)c1ccccc1)c1ccccc1. The molecule has 1 amide bonds. The Kier molecular flexibility index (Phi) is 7.53. The molecule has 0 aromatic heterocycles. The summed E-state index contributed by atoms with van der Waals surface area (Å²) in [4.78, 5) is 13.2. The van der Waals surface area contributed by atoms with Gasteiger partial charge in [-0.2, -0.15) is 0 Å². The third kappa shape index (κ3) is 5.29. The van der Waals surface area contributed by atoms with E-state index in [1.54, 1.807) is 30.3 Å². The van der Waals surface area contributed by atoms with Crippen molar-refractivity contribution in [2.24, 2.45) is 0 Å². The maximum Gasteiger partial charge on any atom is 0.264 e. The fourth-order valence-corrected chi connectivity index (χ4v) is 4.94. The molecule has 0 spiro atoms. The second kappa shape index (κ2) is 10.3. The highest BCUT2D eigenvalue weighted by Gasteiger charge is 2.30. The number of carbonyl (C=O) groups excluding carboxylic acids is 1. The van der Waals surface area contributed by atoms with E-state index in [2.05, 4.69) is 5.32 Å². The number of nitrogens with one attached hydrogen (secondary N) is 1. The van der Waals surface area contributed by atoms with E-state index in [-0.39, 0.29) is 17.5 Å². The number of hydrogen-bond acceptors (Lipinski definition) is 4. The van der Waals surface area contributed by atoms with Gasteiger partial charge < -0.3 is 10.1 Å². The van der Waals surface area contributed by atoms with Gasteiger partial charge in [-0.1, -0.05) is 61.5 Å². The highest BCUT2D eigenvalue weighted by atomic mass is 32.2.